The van der Waals surface area contributed by atoms with E-state index in [0.29, 0.717) is 6.54 Å². The van der Waals surface area contributed by atoms with Crippen molar-refractivity contribution in [3.05, 3.63) is 0 Å². The van der Waals surface area contributed by atoms with Gasteiger partial charge in [0.2, 0.25) is 5.91 Å². The lowest BCUT2D eigenvalue weighted by Gasteiger charge is -2.23. The summed E-state index contributed by atoms with van der Waals surface area (Å²) in [6.45, 7) is 2.54. The number of carbonyl (C=O) groups is 2. The Bertz CT molecular complexity index is 264. The number of carboxylic acids is 1. The van der Waals surface area contributed by atoms with Crippen molar-refractivity contribution in [2.45, 2.75) is 25.8 Å². The van der Waals surface area contributed by atoms with Crippen LogP contribution in [0, 0.1) is 11.8 Å². The van der Waals surface area contributed by atoms with Crippen molar-refractivity contribution in [1.82, 2.24) is 4.90 Å². The van der Waals surface area contributed by atoms with Crippen LogP contribution >= 0.6 is 0 Å². The molecule has 1 aliphatic carbocycles. The van der Waals surface area contributed by atoms with Crippen molar-refractivity contribution in [2.75, 3.05) is 6.54 Å². The Labute approximate surface area is 76.5 Å². The molecule has 2 fully saturated rings. The van der Waals surface area contributed by atoms with Gasteiger partial charge in [-0.3, -0.25) is 4.79 Å². The van der Waals surface area contributed by atoms with E-state index in [1.54, 1.807) is 0 Å². The predicted octanol–water partition coefficient (Wildman–Crippen LogP) is 0.328. The fourth-order valence-electron chi connectivity index (χ4n) is 2.24. The lowest BCUT2D eigenvalue weighted by atomic mass is 10.2. The monoisotopic (exact) mass is 183 g/mol. The number of amides is 1. The van der Waals surface area contributed by atoms with Gasteiger partial charge in [0.25, 0.3) is 0 Å². The molecule has 13 heavy (non-hydrogen) atoms. The van der Waals surface area contributed by atoms with E-state index in [0.717, 1.165) is 12.8 Å². The predicted molar refractivity (Wildman–Crippen MR) is 45.0 cm³/mol. The molecule has 3 unspecified atom stereocenters. The highest BCUT2D eigenvalue weighted by Crippen LogP contribution is 2.50. The van der Waals surface area contributed by atoms with Crippen LogP contribution in [0.25, 0.3) is 0 Å². The minimum Gasteiger partial charge on any atom is -0.480 e. The van der Waals surface area contributed by atoms with Crippen LogP contribution in [-0.4, -0.2) is 34.5 Å². The quantitative estimate of drug-likeness (QED) is 0.685. The number of aliphatic carboxylic acids is 1. The van der Waals surface area contributed by atoms with Crippen LogP contribution < -0.4 is 0 Å². The Morgan fingerprint density at radius 3 is 2.92 bits per heavy atom. The normalized spacial score (nSPS) is 36.2. The molecule has 0 bridgehead atoms. The second-order valence-corrected chi connectivity index (χ2v) is 3.82. The van der Waals surface area contributed by atoms with Crippen molar-refractivity contribution >= 4 is 11.9 Å². The fourth-order valence-corrected chi connectivity index (χ4v) is 2.24. The van der Waals surface area contributed by atoms with E-state index in [1.165, 1.54) is 4.90 Å². The number of nitrogens with zero attached hydrogens (tertiary/aromatic N) is 1. The molecule has 3 atom stereocenters. The van der Waals surface area contributed by atoms with Gasteiger partial charge in [0, 0.05) is 18.4 Å². The van der Waals surface area contributed by atoms with Crippen molar-refractivity contribution in [1.29, 1.82) is 0 Å². The Morgan fingerprint density at radius 2 is 2.38 bits per heavy atom. The first-order chi connectivity index (χ1) is 6.16. The van der Waals surface area contributed by atoms with Gasteiger partial charge >= 0.3 is 5.97 Å². The van der Waals surface area contributed by atoms with Gasteiger partial charge in [0.05, 0.1) is 0 Å². The van der Waals surface area contributed by atoms with Crippen LogP contribution in [-0.2, 0) is 9.59 Å². The molecule has 1 saturated carbocycles. The van der Waals surface area contributed by atoms with Gasteiger partial charge < -0.3 is 10.0 Å². The first kappa shape index (κ1) is 8.53. The van der Waals surface area contributed by atoms with Gasteiger partial charge in [-0.15, -0.1) is 0 Å². The summed E-state index contributed by atoms with van der Waals surface area (Å²) in [5.41, 5.74) is 0. The Kier molecular flexibility index (Phi) is 1.78. The summed E-state index contributed by atoms with van der Waals surface area (Å²) in [6, 6.07) is -0.530. The zero-order valence-electron chi connectivity index (χ0n) is 7.56. The van der Waals surface area contributed by atoms with Crippen molar-refractivity contribution in [3.63, 3.8) is 0 Å². The molecule has 1 amide bonds. The Balaban J connectivity index is 2.14. The number of fused-ring (bicyclic) bond motifs is 1. The highest BCUT2D eigenvalue weighted by atomic mass is 16.4. The van der Waals surface area contributed by atoms with Gasteiger partial charge in [0.1, 0.15) is 6.04 Å². The van der Waals surface area contributed by atoms with Crippen molar-refractivity contribution in [2.24, 2.45) is 11.8 Å². The average molecular weight is 183 g/mol. The molecule has 1 heterocycles. The maximum Gasteiger partial charge on any atom is 0.326 e. The number of carboxylic acid groups (broad SMARTS) is 1. The van der Waals surface area contributed by atoms with Crippen molar-refractivity contribution < 1.29 is 14.7 Å². The molecule has 72 valence electrons. The molecule has 2 rings (SSSR count). The highest BCUT2D eigenvalue weighted by Gasteiger charge is 2.60. The maximum absolute atomic E-state index is 11.5. The zero-order valence-corrected chi connectivity index (χ0v) is 7.56. The lowest BCUT2D eigenvalue weighted by molar-refractivity contribution is -0.148. The first-order valence-electron chi connectivity index (χ1n) is 4.70. The molecule has 0 radical (unpaired) electrons. The average Bonchev–Trinajstić information content (AvgIpc) is 2.77. The summed E-state index contributed by atoms with van der Waals surface area (Å²) in [5, 5.41) is 8.93. The Morgan fingerprint density at radius 1 is 1.69 bits per heavy atom. The largest absolute Gasteiger partial charge is 0.480 e. The van der Waals surface area contributed by atoms with E-state index in [-0.39, 0.29) is 17.7 Å². The van der Waals surface area contributed by atoms with E-state index in [2.05, 4.69) is 0 Å². The molecule has 0 aromatic rings. The molecule has 1 aliphatic heterocycles. The minimum absolute atomic E-state index is 0.0349. The molecule has 0 spiro atoms. The van der Waals surface area contributed by atoms with Crippen LogP contribution in [0.5, 0.6) is 0 Å². The number of likely N-dealkylation sites (tertiary alicyclic amines) is 1. The second kappa shape index (κ2) is 2.72. The third-order valence-electron chi connectivity index (χ3n) is 2.90. The number of hydrogen-bond acceptors (Lipinski definition) is 2. The fraction of sp³-hybridized carbons (Fsp3) is 0.778. The number of hydrogen-bond donors (Lipinski definition) is 1. The SMILES string of the molecule is CCCN1C(=O)C2CC2C1C(=O)O. The molecule has 1 N–H and O–H groups in total. The van der Waals surface area contributed by atoms with Gasteiger partial charge in [-0.1, -0.05) is 6.92 Å². The molecule has 0 aromatic carbocycles. The van der Waals surface area contributed by atoms with E-state index >= 15 is 0 Å². The lowest BCUT2D eigenvalue weighted by Crippen LogP contribution is -2.42. The number of piperidine rings is 1. The van der Waals surface area contributed by atoms with E-state index in [4.69, 9.17) is 5.11 Å². The minimum atomic E-state index is -0.841. The number of rotatable bonds is 3. The van der Waals surface area contributed by atoms with E-state index in [1.807, 2.05) is 6.92 Å². The molecular formula is C9H13NO3. The summed E-state index contributed by atoms with van der Waals surface area (Å²) < 4.78 is 0. The van der Waals surface area contributed by atoms with Gasteiger partial charge in [0.15, 0.2) is 0 Å². The molecule has 4 nitrogen and oxygen atoms in total. The van der Waals surface area contributed by atoms with Crippen LogP contribution in [0.2, 0.25) is 0 Å². The third-order valence-corrected chi connectivity index (χ3v) is 2.90. The molecular weight excluding hydrogens is 170 g/mol. The topological polar surface area (TPSA) is 57.6 Å². The summed E-state index contributed by atoms with van der Waals surface area (Å²) in [6.07, 6.45) is 1.62. The van der Waals surface area contributed by atoms with Crippen LogP contribution in [0.3, 0.4) is 0 Å². The van der Waals surface area contributed by atoms with Gasteiger partial charge in [-0.2, -0.15) is 0 Å². The molecule has 0 aromatic heterocycles. The standard InChI is InChI=1S/C9H13NO3/c1-2-3-10-7(9(12)13)5-4-6(5)8(10)11/h5-7H,2-4H2,1H3,(H,12,13). The third kappa shape index (κ3) is 1.12. The van der Waals surface area contributed by atoms with Crippen molar-refractivity contribution in [3.8, 4) is 0 Å². The van der Waals surface area contributed by atoms with Crippen LogP contribution in [0.4, 0.5) is 0 Å². The number of carbonyl (C=O) groups excluding carboxylic acids is 1. The highest BCUT2D eigenvalue weighted by molar-refractivity contribution is 5.92. The van der Waals surface area contributed by atoms with E-state index < -0.39 is 12.0 Å². The summed E-state index contributed by atoms with van der Waals surface area (Å²) in [5.74, 6) is -0.643. The molecule has 2 aliphatic rings. The van der Waals surface area contributed by atoms with E-state index in [9.17, 15) is 9.59 Å². The molecule has 4 heteroatoms. The summed E-state index contributed by atoms with van der Waals surface area (Å²) in [4.78, 5) is 23.9. The summed E-state index contributed by atoms with van der Waals surface area (Å²) in [7, 11) is 0. The van der Waals surface area contributed by atoms with Gasteiger partial charge in [-0.25, -0.2) is 4.79 Å². The zero-order chi connectivity index (χ0) is 9.59. The van der Waals surface area contributed by atoms with Gasteiger partial charge in [-0.05, 0) is 12.8 Å². The summed E-state index contributed by atoms with van der Waals surface area (Å²) >= 11 is 0. The van der Waals surface area contributed by atoms with Crippen LogP contribution in [0.1, 0.15) is 19.8 Å². The maximum atomic E-state index is 11.5. The second-order valence-electron chi connectivity index (χ2n) is 3.82. The first-order valence-corrected chi connectivity index (χ1v) is 4.70. The Hall–Kier alpha value is -1.06. The molecule has 1 saturated heterocycles. The smallest absolute Gasteiger partial charge is 0.326 e. The van der Waals surface area contributed by atoms with Crippen LogP contribution in [0.15, 0.2) is 0 Å².